The molecule has 6 unspecified atom stereocenters. The molecule has 10 atom stereocenters. The molecule has 0 spiro atoms. The smallest absolute Gasteiger partial charge is 0.309 e. The number of hydrogen-bond donors (Lipinski definition) is 2. The highest BCUT2D eigenvalue weighted by Gasteiger charge is 2.62. The van der Waals surface area contributed by atoms with Crippen LogP contribution in [0.4, 0.5) is 4.39 Å². The summed E-state index contributed by atoms with van der Waals surface area (Å²) in [5, 5.41) is 13.5. The Bertz CT molecular complexity index is 740. The number of fused-ring (bicyclic) bond motifs is 3. The zero-order valence-electron chi connectivity index (χ0n) is 19.1. The van der Waals surface area contributed by atoms with Crippen LogP contribution >= 0.6 is 0 Å². The van der Waals surface area contributed by atoms with Gasteiger partial charge in [0.1, 0.15) is 12.9 Å². The average Bonchev–Trinajstić information content (AvgIpc) is 3.44. The Labute approximate surface area is 192 Å². The first-order valence-corrected chi connectivity index (χ1v) is 12.0. The number of hydrogen-bond acceptors (Lipinski definition) is 8. The molecular weight excluding hydrogens is 437 g/mol. The Kier molecular flexibility index (Phi) is 6.65. The summed E-state index contributed by atoms with van der Waals surface area (Å²) in [7, 11) is 3.16. The van der Waals surface area contributed by atoms with Crippen LogP contribution in [0.15, 0.2) is 0 Å². The summed E-state index contributed by atoms with van der Waals surface area (Å²) in [6.45, 7) is -0.646. The van der Waals surface area contributed by atoms with E-state index in [1.807, 2.05) is 0 Å². The van der Waals surface area contributed by atoms with Crippen LogP contribution in [0.25, 0.3) is 0 Å². The fraction of sp³-hybridized carbons (Fsp3) is 0.913. The number of carbonyl (C=O) groups is 2. The zero-order valence-corrected chi connectivity index (χ0v) is 19.1. The highest BCUT2D eigenvalue weighted by atomic mass is 19.1. The number of rotatable bonds is 5. The number of nitrogens with one attached hydrogen (secondary N) is 1. The molecule has 2 heterocycles. The number of aliphatic hydroxyl groups is 1. The summed E-state index contributed by atoms with van der Waals surface area (Å²) in [5.74, 6) is -1.48. The first-order chi connectivity index (χ1) is 16.0. The van der Waals surface area contributed by atoms with Gasteiger partial charge in [0.05, 0.1) is 36.9 Å². The van der Waals surface area contributed by atoms with E-state index in [2.05, 4.69) is 5.32 Å². The number of esters is 1. The molecule has 186 valence electrons. The highest BCUT2D eigenvalue weighted by Crippen LogP contribution is 2.57. The molecule has 0 bridgehead atoms. The average molecular weight is 472 g/mol. The molecule has 5 fully saturated rings. The summed E-state index contributed by atoms with van der Waals surface area (Å²) in [5.41, 5.74) is 0. The van der Waals surface area contributed by atoms with Crippen molar-refractivity contribution < 1.29 is 42.8 Å². The Morgan fingerprint density at radius 1 is 1.06 bits per heavy atom. The summed E-state index contributed by atoms with van der Waals surface area (Å²) >= 11 is 0. The summed E-state index contributed by atoms with van der Waals surface area (Å²) in [6.07, 6.45) is 0.932. The third-order valence-electron chi connectivity index (χ3n) is 8.95. The minimum absolute atomic E-state index is 0.0121. The normalized spacial score (nSPS) is 49.0. The Hall–Kier alpha value is -1.33. The standard InChI is InChI=1S/C23H34FNO8/c1-29-16-3-10(4-17(30-2)22(16)27)19-11-5-14-15(33-9-32-14)6-12(11)21(25-18(26)7-24)13-8-31-23(28)20(13)19/h10-17,19-22,27H,3-9H2,1-2H3,(H,25,26)/t10?,11?,12?,13-,14?,15?,16?,17?,19+,20-,21+,22?/m0/s1. The molecule has 0 aromatic rings. The van der Waals surface area contributed by atoms with E-state index in [9.17, 15) is 19.1 Å². The van der Waals surface area contributed by atoms with E-state index in [-0.39, 0.29) is 67.2 Å². The Morgan fingerprint density at radius 2 is 1.70 bits per heavy atom. The molecule has 0 aromatic carbocycles. The lowest BCUT2D eigenvalue weighted by molar-refractivity contribution is -0.162. The maximum atomic E-state index is 13.2. The lowest BCUT2D eigenvalue weighted by Gasteiger charge is -2.55. The number of carbonyl (C=O) groups excluding carboxylic acids is 2. The van der Waals surface area contributed by atoms with E-state index in [0.717, 1.165) is 0 Å². The van der Waals surface area contributed by atoms with Gasteiger partial charge < -0.3 is 34.1 Å². The molecule has 2 aliphatic heterocycles. The number of methoxy groups -OCH3 is 2. The highest BCUT2D eigenvalue weighted by molar-refractivity contribution is 5.79. The topological polar surface area (TPSA) is 113 Å². The van der Waals surface area contributed by atoms with Crippen LogP contribution < -0.4 is 5.32 Å². The largest absolute Gasteiger partial charge is 0.465 e. The number of aliphatic hydroxyl groups excluding tert-OH is 1. The van der Waals surface area contributed by atoms with Gasteiger partial charge in [-0.25, -0.2) is 4.39 Å². The summed E-state index contributed by atoms with van der Waals surface area (Å²) < 4.78 is 41.5. The quantitative estimate of drug-likeness (QED) is 0.555. The molecule has 1 amide bonds. The monoisotopic (exact) mass is 471 g/mol. The molecule has 33 heavy (non-hydrogen) atoms. The molecule has 0 radical (unpaired) electrons. The van der Waals surface area contributed by atoms with Gasteiger partial charge in [-0.2, -0.15) is 0 Å². The van der Waals surface area contributed by atoms with Crippen LogP contribution in [0.5, 0.6) is 0 Å². The van der Waals surface area contributed by atoms with E-state index >= 15 is 0 Å². The Balaban J connectivity index is 1.51. The Morgan fingerprint density at radius 3 is 2.30 bits per heavy atom. The van der Waals surface area contributed by atoms with E-state index in [1.54, 1.807) is 14.2 Å². The van der Waals surface area contributed by atoms with E-state index in [1.165, 1.54) is 0 Å². The SMILES string of the molecule is COC1CC([C@@H]2C3CC4OCOC4CC3[C@@H](NC(=O)CF)[C@H]3COC(=O)[C@H]23)CC(OC)C1O. The van der Waals surface area contributed by atoms with Gasteiger partial charge in [-0.3, -0.25) is 9.59 Å². The lowest BCUT2D eigenvalue weighted by atomic mass is 9.51. The van der Waals surface area contributed by atoms with Gasteiger partial charge in [-0.1, -0.05) is 0 Å². The van der Waals surface area contributed by atoms with Crippen molar-refractivity contribution in [2.45, 2.75) is 62.2 Å². The fourth-order valence-electron chi connectivity index (χ4n) is 7.59. The van der Waals surface area contributed by atoms with Gasteiger partial charge in [-0.15, -0.1) is 0 Å². The van der Waals surface area contributed by atoms with Gasteiger partial charge in [0.15, 0.2) is 6.67 Å². The maximum Gasteiger partial charge on any atom is 0.309 e. The number of cyclic esters (lactones) is 1. The van der Waals surface area contributed by atoms with Gasteiger partial charge >= 0.3 is 5.97 Å². The molecule has 3 saturated carbocycles. The van der Waals surface area contributed by atoms with E-state index < -0.39 is 36.8 Å². The third-order valence-corrected chi connectivity index (χ3v) is 8.95. The first kappa shape index (κ1) is 23.4. The van der Waals surface area contributed by atoms with Crippen LogP contribution in [0, 0.1) is 35.5 Å². The fourth-order valence-corrected chi connectivity index (χ4v) is 7.59. The predicted molar refractivity (Wildman–Crippen MR) is 110 cm³/mol. The van der Waals surface area contributed by atoms with Crippen molar-refractivity contribution in [3.63, 3.8) is 0 Å². The molecular formula is C23H34FNO8. The van der Waals surface area contributed by atoms with E-state index in [4.69, 9.17) is 23.7 Å². The van der Waals surface area contributed by atoms with Crippen LogP contribution in [-0.2, 0) is 33.3 Å². The second-order valence-corrected chi connectivity index (χ2v) is 10.2. The summed E-state index contributed by atoms with van der Waals surface area (Å²) in [6, 6.07) is -0.360. The van der Waals surface area contributed by atoms with Crippen LogP contribution in [0.2, 0.25) is 0 Å². The number of ether oxygens (including phenoxy) is 5. The van der Waals surface area contributed by atoms with Gasteiger partial charge in [0, 0.05) is 26.2 Å². The molecule has 5 aliphatic rings. The van der Waals surface area contributed by atoms with E-state index in [0.29, 0.717) is 25.7 Å². The number of alkyl halides is 1. The van der Waals surface area contributed by atoms with Crippen molar-refractivity contribution in [3.8, 4) is 0 Å². The molecule has 0 aromatic heterocycles. The molecule has 5 rings (SSSR count). The second-order valence-electron chi connectivity index (χ2n) is 10.2. The van der Waals surface area contributed by atoms with Gasteiger partial charge in [0.25, 0.3) is 5.91 Å². The van der Waals surface area contributed by atoms with Crippen molar-refractivity contribution in [1.82, 2.24) is 5.32 Å². The van der Waals surface area contributed by atoms with Crippen molar-refractivity contribution >= 4 is 11.9 Å². The molecule has 9 nitrogen and oxygen atoms in total. The summed E-state index contributed by atoms with van der Waals surface area (Å²) in [4.78, 5) is 25.2. The van der Waals surface area contributed by atoms with Crippen molar-refractivity contribution in [2.24, 2.45) is 35.5 Å². The molecule has 10 heteroatoms. The van der Waals surface area contributed by atoms with Gasteiger partial charge in [-0.05, 0) is 49.4 Å². The number of amides is 1. The molecule has 3 aliphatic carbocycles. The van der Waals surface area contributed by atoms with Crippen LogP contribution in [-0.4, -0.2) is 87.8 Å². The molecule has 2 saturated heterocycles. The predicted octanol–water partition coefficient (Wildman–Crippen LogP) is 0.428. The van der Waals surface area contributed by atoms with Crippen molar-refractivity contribution in [1.29, 1.82) is 0 Å². The third kappa shape index (κ3) is 3.97. The van der Waals surface area contributed by atoms with Gasteiger partial charge in [0.2, 0.25) is 0 Å². The second kappa shape index (κ2) is 9.37. The zero-order chi connectivity index (χ0) is 23.3. The van der Waals surface area contributed by atoms with Crippen LogP contribution in [0.3, 0.4) is 0 Å². The van der Waals surface area contributed by atoms with Crippen LogP contribution in [0.1, 0.15) is 25.7 Å². The number of halogens is 1. The maximum absolute atomic E-state index is 13.2. The van der Waals surface area contributed by atoms with Crippen molar-refractivity contribution in [2.75, 3.05) is 34.3 Å². The minimum Gasteiger partial charge on any atom is -0.465 e. The van der Waals surface area contributed by atoms with Crippen molar-refractivity contribution in [3.05, 3.63) is 0 Å². The molecule has 2 N–H and O–H groups in total. The minimum atomic E-state index is -1.10. The lowest BCUT2D eigenvalue weighted by Crippen LogP contribution is -2.62. The first-order valence-electron chi connectivity index (χ1n) is 12.0.